The largest absolute Gasteiger partial charge is 0.465 e. The molecule has 0 aromatic heterocycles. The van der Waals surface area contributed by atoms with Crippen LogP contribution >= 0.6 is 0 Å². The highest BCUT2D eigenvalue weighted by Gasteiger charge is 2.41. The van der Waals surface area contributed by atoms with Gasteiger partial charge in [0.15, 0.2) is 5.41 Å². The van der Waals surface area contributed by atoms with Crippen molar-refractivity contribution < 1.29 is 19.1 Å². The SMILES string of the molecule is CCOC(=O)C(C)(/C=C/c1ccccc1)C(=O)OCC. The molecule has 0 heterocycles. The molecule has 0 amide bonds. The summed E-state index contributed by atoms with van der Waals surface area (Å²) in [6.07, 6.45) is 3.24. The van der Waals surface area contributed by atoms with Crippen LogP contribution in [-0.4, -0.2) is 25.2 Å². The lowest BCUT2D eigenvalue weighted by Gasteiger charge is -2.21. The number of esters is 2. The topological polar surface area (TPSA) is 52.6 Å². The van der Waals surface area contributed by atoms with Crippen LogP contribution in [0.5, 0.6) is 0 Å². The molecule has 0 bridgehead atoms. The van der Waals surface area contributed by atoms with E-state index in [1.165, 1.54) is 13.0 Å². The van der Waals surface area contributed by atoms with Crippen molar-refractivity contribution in [3.05, 3.63) is 42.0 Å². The molecule has 0 saturated heterocycles. The molecule has 0 N–H and O–H groups in total. The number of rotatable bonds is 6. The fraction of sp³-hybridized carbons (Fsp3) is 0.375. The fourth-order valence-corrected chi connectivity index (χ4v) is 1.61. The van der Waals surface area contributed by atoms with E-state index in [1.807, 2.05) is 30.3 Å². The van der Waals surface area contributed by atoms with Gasteiger partial charge in [0.25, 0.3) is 0 Å². The molecule has 0 saturated carbocycles. The van der Waals surface area contributed by atoms with Gasteiger partial charge in [0.2, 0.25) is 0 Å². The van der Waals surface area contributed by atoms with Crippen molar-refractivity contribution in [3.63, 3.8) is 0 Å². The van der Waals surface area contributed by atoms with Crippen LogP contribution in [0.2, 0.25) is 0 Å². The van der Waals surface area contributed by atoms with E-state index in [0.717, 1.165) is 5.56 Å². The minimum atomic E-state index is -1.43. The Morgan fingerprint density at radius 2 is 1.55 bits per heavy atom. The lowest BCUT2D eigenvalue weighted by atomic mass is 9.89. The molecule has 4 heteroatoms. The van der Waals surface area contributed by atoms with Gasteiger partial charge in [0, 0.05) is 0 Å². The first kappa shape index (κ1) is 16.0. The highest BCUT2D eigenvalue weighted by molar-refractivity contribution is 6.02. The number of ether oxygens (including phenoxy) is 2. The fourth-order valence-electron chi connectivity index (χ4n) is 1.61. The Kier molecular flexibility index (Phi) is 5.97. The zero-order chi connectivity index (χ0) is 15.0. The molecule has 0 aliphatic carbocycles. The van der Waals surface area contributed by atoms with Crippen molar-refractivity contribution in [1.29, 1.82) is 0 Å². The van der Waals surface area contributed by atoms with Crippen molar-refractivity contribution in [3.8, 4) is 0 Å². The van der Waals surface area contributed by atoms with Crippen molar-refractivity contribution in [1.82, 2.24) is 0 Å². The van der Waals surface area contributed by atoms with Crippen LogP contribution in [-0.2, 0) is 19.1 Å². The first-order chi connectivity index (χ1) is 9.54. The van der Waals surface area contributed by atoms with Crippen molar-refractivity contribution in [2.24, 2.45) is 5.41 Å². The third-order valence-electron chi connectivity index (χ3n) is 2.81. The summed E-state index contributed by atoms with van der Waals surface area (Å²) in [5.74, 6) is -1.21. The molecule has 0 unspecified atom stereocenters. The molecule has 0 aliphatic rings. The van der Waals surface area contributed by atoms with Gasteiger partial charge in [-0.1, -0.05) is 42.5 Å². The Morgan fingerprint density at radius 3 is 2.00 bits per heavy atom. The molecule has 0 atom stereocenters. The average molecular weight is 276 g/mol. The minimum Gasteiger partial charge on any atom is -0.465 e. The molecule has 1 rings (SSSR count). The monoisotopic (exact) mass is 276 g/mol. The second-order valence-electron chi connectivity index (χ2n) is 4.39. The normalized spacial score (nSPS) is 11.3. The first-order valence-electron chi connectivity index (χ1n) is 6.63. The van der Waals surface area contributed by atoms with E-state index < -0.39 is 17.4 Å². The van der Waals surface area contributed by atoms with E-state index in [4.69, 9.17) is 9.47 Å². The van der Waals surface area contributed by atoms with Crippen LogP contribution in [0.4, 0.5) is 0 Å². The maximum absolute atomic E-state index is 12.0. The van der Waals surface area contributed by atoms with Gasteiger partial charge >= 0.3 is 11.9 Å². The maximum Gasteiger partial charge on any atom is 0.327 e. The van der Waals surface area contributed by atoms with Gasteiger partial charge in [-0.05, 0) is 26.3 Å². The molecule has 0 radical (unpaired) electrons. The zero-order valence-electron chi connectivity index (χ0n) is 12.1. The molecule has 0 fully saturated rings. The second-order valence-corrected chi connectivity index (χ2v) is 4.39. The summed E-state index contributed by atoms with van der Waals surface area (Å²) in [6.45, 7) is 5.33. The summed E-state index contributed by atoms with van der Waals surface area (Å²) >= 11 is 0. The van der Waals surface area contributed by atoms with Crippen molar-refractivity contribution in [2.75, 3.05) is 13.2 Å². The highest BCUT2D eigenvalue weighted by atomic mass is 16.6. The Morgan fingerprint density at radius 1 is 1.05 bits per heavy atom. The highest BCUT2D eigenvalue weighted by Crippen LogP contribution is 2.24. The van der Waals surface area contributed by atoms with Gasteiger partial charge in [0.1, 0.15) is 0 Å². The molecule has 4 nitrogen and oxygen atoms in total. The predicted molar refractivity (Wildman–Crippen MR) is 76.8 cm³/mol. The third kappa shape index (κ3) is 3.95. The smallest absolute Gasteiger partial charge is 0.327 e. The van der Waals surface area contributed by atoms with E-state index >= 15 is 0 Å². The zero-order valence-corrected chi connectivity index (χ0v) is 12.1. The lowest BCUT2D eigenvalue weighted by molar-refractivity contribution is -0.166. The van der Waals surface area contributed by atoms with Gasteiger partial charge in [-0.25, -0.2) is 0 Å². The van der Waals surface area contributed by atoms with Gasteiger partial charge in [-0.15, -0.1) is 0 Å². The van der Waals surface area contributed by atoms with Crippen LogP contribution in [0.1, 0.15) is 26.3 Å². The molecule has 20 heavy (non-hydrogen) atoms. The summed E-state index contributed by atoms with van der Waals surface area (Å²) in [4.78, 5) is 24.1. The Labute approximate surface area is 119 Å². The number of hydrogen-bond donors (Lipinski definition) is 0. The number of carbonyl (C=O) groups excluding carboxylic acids is 2. The standard InChI is InChI=1S/C16H20O4/c1-4-19-14(17)16(3,15(18)20-5-2)12-11-13-9-7-6-8-10-13/h6-12H,4-5H2,1-3H3/b12-11+. The van der Waals surface area contributed by atoms with Crippen LogP contribution in [0.25, 0.3) is 6.08 Å². The van der Waals surface area contributed by atoms with E-state index in [-0.39, 0.29) is 13.2 Å². The number of carbonyl (C=O) groups is 2. The molecule has 0 aliphatic heterocycles. The molecule has 1 aromatic carbocycles. The van der Waals surface area contributed by atoms with Crippen LogP contribution < -0.4 is 0 Å². The van der Waals surface area contributed by atoms with Crippen molar-refractivity contribution >= 4 is 18.0 Å². The molecular weight excluding hydrogens is 256 g/mol. The van der Waals surface area contributed by atoms with E-state index in [2.05, 4.69) is 0 Å². The average Bonchev–Trinajstić information content (AvgIpc) is 2.46. The first-order valence-corrected chi connectivity index (χ1v) is 6.63. The van der Waals surface area contributed by atoms with E-state index in [1.54, 1.807) is 19.9 Å². The quantitative estimate of drug-likeness (QED) is 0.592. The summed E-state index contributed by atoms with van der Waals surface area (Å²) in [6, 6.07) is 9.42. The second kappa shape index (κ2) is 7.48. The Balaban J connectivity index is 3.01. The molecule has 108 valence electrons. The minimum absolute atomic E-state index is 0.215. The maximum atomic E-state index is 12.0. The summed E-state index contributed by atoms with van der Waals surface area (Å²) in [5, 5.41) is 0. The van der Waals surface area contributed by atoms with E-state index in [0.29, 0.717) is 0 Å². The third-order valence-corrected chi connectivity index (χ3v) is 2.81. The van der Waals surface area contributed by atoms with Gasteiger partial charge in [0.05, 0.1) is 13.2 Å². The Bertz CT molecular complexity index is 459. The van der Waals surface area contributed by atoms with Crippen LogP contribution in [0.3, 0.4) is 0 Å². The van der Waals surface area contributed by atoms with Gasteiger partial charge in [-0.3, -0.25) is 9.59 Å². The van der Waals surface area contributed by atoms with Crippen LogP contribution in [0.15, 0.2) is 36.4 Å². The van der Waals surface area contributed by atoms with Crippen LogP contribution in [0, 0.1) is 5.41 Å². The number of benzene rings is 1. The molecule has 1 aromatic rings. The summed E-state index contributed by atoms with van der Waals surface area (Å²) in [7, 11) is 0. The molecular formula is C16H20O4. The predicted octanol–water partition coefficient (Wildman–Crippen LogP) is 2.83. The van der Waals surface area contributed by atoms with Crippen molar-refractivity contribution in [2.45, 2.75) is 20.8 Å². The van der Waals surface area contributed by atoms with E-state index in [9.17, 15) is 9.59 Å². The van der Waals surface area contributed by atoms with Gasteiger partial charge in [-0.2, -0.15) is 0 Å². The number of hydrogen-bond acceptors (Lipinski definition) is 4. The molecule has 0 spiro atoms. The summed E-state index contributed by atoms with van der Waals surface area (Å²) in [5.41, 5.74) is -0.533. The van der Waals surface area contributed by atoms with Gasteiger partial charge < -0.3 is 9.47 Å². The summed E-state index contributed by atoms with van der Waals surface area (Å²) < 4.78 is 9.94. The Hall–Kier alpha value is -2.10. The lowest BCUT2D eigenvalue weighted by Crippen LogP contribution is -2.37.